The second kappa shape index (κ2) is 7.90. The number of hydrogen-bond acceptors (Lipinski definition) is 4. The third-order valence-electron chi connectivity index (χ3n) is 4.03. The maximum Gasteiger partial charge on any atom is 0.387 e. The summed E-state index contributed by atoms with van der Waals surface area (Å²) >= 11 is 0. The molecule has 0 bridgehead atoms. The molecular weight excluding hydrogens is 356 g/mol. The monoisotopic (exact) mass is 373 g/mol. The zero-order valence-electron chi connectivity index (χ0n) is 14.4. The average Bonchev–Trinajstić information content (AvgIpc) is 2.65. The van der Waals surface area contributed by atoms with Crippen LogP contribution in [0.5, 0.6) is 17.2 Å². The first-order valence-corrected chi connectivity index (χ1v) is 8.09. The van der Waals surface area contributed by atoms with Crippen LogP contribution in [0.15, 0.2) is 54.6 Å². The predicted octanol–water partition coefficient (Wildman–Crippen LogP) is 4.09. The van der Waals surface area contributed by atoms with E-state index >= 15 is 0 Å². The summed E-state index contributed by atoms with van der Waals surface area (Å²) in [6.45, 7) is -2.99. The van der Waals surface area contributed by atoms with E-state index < -0.39 is 6.61 Å². The number of amides is 1. The van der Waals surface area contributed by atoms with Crippen LogP contribution in [0.2, 0.25) is 0 Å². The average molecular weight is 373 g/mol. The summed E-state index contributed by atoms with van der Waals surface area (Å²) in [6.07, 6.45) is 0. The van der Waals surface area contributed by atoms with Gasteiger partial charge < -0.3 is 19.9 Å². The van der Waals surface area contributed by atoms with E-state index in [0.717, 1.165) is 0 Å². The molecule has 0 radical (unpaired) electrons. The third kappa shape index (κ3) is 4.25. The fraction of sp³-hybridized carbons (Fsp3) is 0.150. The molecule has 27 heavy (non-hydrogen) atoms. The molecule has 0 heterocycles. The molecule has 2 N–H and O–H groups in total. The van der Waals surface area contributed by atoms with Gasteiger partial charge in [0.15, 0.2) is 0 Å². The Morgan fingerprint density at radius 3 is 2.70 bits per heavy atom. The number of hydrogen-bond donors (Lipinski definition) is 2. The second-order valence-electron chi connectivity index (χ2n) is 5.75. The molecule has 1 amide bonds. The molecule has 0 unspecified atom stereocenters. The number of ether oxygens (including phenoxy) is 2. The van der Waals surface area contributed by atoms with Crippen LogP contribution in [-0.2, 0) is 6.54 Å². The molecule has 3 aromatic carbocycles. The standard InChI is InChI=1S/C20H17F2NO4/c1-26-15-6-8-18(27-20(21)22)13(10-15)11-23-19(25)17-4-2-3-12-9-14(24)5-7-16(12)17/h2-10,20,24H,11H2,1H3,(H,23,25). The van der Waals surface area contributed by atoms with Crippen molar-refractivity contribution in [3.8, 4) is 17.2 Å². The van der Waals surface area contributed by atoms with Gasteiger partial charge in [0.05, 0.1) is 7.11 Å². The maximum atomic E-state index is 12.6. The normalized spacial score (nSPS) is 10.8. The van der Waals surface area contributed by atoms with Gasteiger partial charge in [-0.2, -0.15) is 8.78 Å². The number of nitrogens with one attached hydrogen (secondary N) is 1. The summed E-state index contributed by atoms with van der Waals surface area (Å²) in [4.78, 5) is 12.6. The molecule has 3 aromatic rings. The smallest absolute Gasteiger partial charge is 0.387 e. The van der Waals surface area contributed by atoms with Crippen molar-refractivity contribution < 1.29 is 28.2 Å². The first kappa shape index (κ1) is 18.4. The summed E-state index contributed by atoms with van der Waals surface area (Å²) in [7, 11) is 1.46. The minimum Gasteiger partial charge on any atom is -0.508 e. The lowest BCUT2D eigenvalue weighted by atomic mass is 10.0. The van der Waals surface area contributed by atoms with E-state index in [0.29, 0.717) is 27.6 Å². The number of aromatic hydroxyl groups is 1. The van der Waals surface area contributed by atoms with Gasteiger partial charge in [-0.1, -0.05) is 12.1 Å². The predicted molar refractivity (Wildman–Crippen MR) is 96.4 cm³/mol. The molecule has 0 atom stereocenters. The fourth-order valence-corrected chi connectivity index (χ4v) is 2.77. The van der Waals surface area contributed by atoms with Crippen LogP contribution in [-0.4, -0.2) is 24.7 Å². The molecule has 0 saturated heterocycles. The van der Waals surface area contributed by atoms with Crippen LogP contribution >= 0.6 is 0 Å². The maximum absolute atomic E-state index is 12.6. The first-order chi connectivity index (χ1) is 13.0. The molecule has 0 fully saturated rings. The van der Waals surface area contributed by atoms with E-state index in [9.17, 15) is 18.7 Å². The van der Waals surface area contributed by atoms with Gasteiger partial charge >= 0.3 is 6.61 Å². The van der Waals surface area contributed by atoms with Crippen molar-refractivity contribution in [1.29, 1.82) is 0 Å². The molecule has 0 spiro atoms. The van der Waals surface area contributed by atoms with Crippen LogP contribution in [0.25, 0.3) is 10.8 Å². The van der Waals surface area contributed by atoms with E-state index in [1.165, 1.54) is 31.4 Å². The van der Waals surface area contributed by atoms with E-state index in [4.69, 9.17) is 4.74 Å². The number of methoxy groups -OCH3 is 1. The van der Waals surface area contributed by atoms with Crippen molar-refractivity contribution in [3.63, 3.8) is 0 Å². The molecule has 5 nitrogen and oxygen atoms in total. The molecular formula is C20H17F2NO4. The summed E-state index contributed by atoms with van der Waals surface area (Å²) in [5.74, 6) is 0.151. The van der Waals surface area contributed by atoms with Crippen LogP contribution in [0, 0.1) is 0 Å². The van der Waals surface area contributed by atoms with Crippen molar-refractivity contribution in [2.24, 2.45) is 0 Å². The number of carbonyl (C=O) groups excluding carboxylic acids is 1. The van der Waals surface area contributed by atoms with E-state index in [1.54, 1.807) is 30.3 Å². The highest BCUT2D eigenvalue weighted by Gasteiger charge is 2.14. The second-order valence-corrected chi connectivity index (χ2v) is 5.75. The van der Waals surface area contributed by atoms with Gasteiger partial charge in [0.25, 0.3) is 5.91 Å². The van der Waals surface area contributed by atoms with Crippen LogP contribution in [0.4, 0.5) is 8.78 Å². The number of phenols is 1. The molecule has 140 valence electrons. The molecule has 0 saturated carbocycles. The van der Waals surface area contributed by atoms with E-state index in [2.05, 4.69) is 10.1 Å². The summed E-state index contributed by atoms with van der Waals surface area (Å²) in [6, 6.07) is 14.2. The van der Waals surface area contributed by atoms with Gasteiger partial charge in [0, 0.05) is 17.7 Å². The van der Waals surface area contributed by atoms with Gasteiger partial charge in [-0.15, -0.1) is 0 Å². The Kier molecular flexibility index (Phi) is 5.40. The largest absolute Gasteiger partial charge is 0.508 e. The molecule has 7 heteroatoms. The zero-order valence-corrected chi connectivity index (χ0v) is 14.4. The molecule has 0 aliphatic carbocycles. The van der Waals surface area contributed by atoms with Crippen molar-refractivity contribution in [2.75, 3.05) is 7.11 Å². The Labute approximate surface area is 154 Å². The molecule has 0 aliphatic heterocycles. The lowest BCUT2D eigenvalue weighted by Gasteiger charge is -2.13. The SMILES string of the molecule is COc1ccc(OC(F)F)c(CNC(=O)c2cccc3cc(O)ccc23)c1. The van der Waals surface area contributed by atoms with Gasteiger partial charge in [-0.05, 0) is 53.2 Å². The van der Waals surface area contributed by atoms with Crippen LogP contribution in [0.3, 0.4) is 0 Å². The minimum absolute atomic E-state index is 0.0213. The highest BCUT2D eigenvalue weighted by atomic mass is 19.3. The molecule has 0 aliphatic rings. The van der Waals surface area contributed by atoms with E-state index in [1.807, 2.05) is 0 Å². The number of fused-ring (bicyclic) bond motifs is 1. The zero-order chi connectivity index (χ0) is 19.4. The van der Waals surface area contributed by atoms with Crippen molar-refractivity contribution in [3.05, 3.63) is 65.7 Å². The van der Waals surface area contributed by atoms with Gasteiger partial charge in [0.1, 0.15) is 17.2 Å². The van der Waals surface area contributed by atoms with Gasteiger partial charge in [-0.3, -0.25) is 4.79 Å². The van der Waals surface area contributed by atoms with Crippen LogP contribution < -0.4 is 14.8 Å². The van der Waals surface area contributed by atoms with Crippen molar-refractivity contribution >= 4 is 16.7 Å². The molecule has 3 rings (SSSR count). The number of carbonyl (C=O) groups is 1. The molecule has 0 aromatic heterocycles. The third-order valence-corrected chi connectivity index (χ3v) is 4.03. The number of halogens is 2. The topological polar surface area (TPSA) is 67.8 Å². The Morgan fingerprint density at radius 1 is 1.15 bits per heavy atom. The fourth-order valence-electron chi connectivity index (χ4n) is 2.77. The van der Waals surface area contributed by atoms with E-state index in [-0.39, 0.29) is 24.0 Å². The lowest BCUT2D eigenvalue weighted by Crippen LogP contribution is -2.23. The minimum atomic E-state index is -2.97. The summed E-state index contributed by atoms with van der Waals surface area (Å²) < 4.78 is 34.8. The van der Waals surface area contributed by atoms with Crippen molar-refractivity contribution in [1.82, 2.24) is 5.32 Å². The van der Waals surface area contributed by atoms with Gasteiger partial charge in [0.2, 0.25) is 0 Å². The summed E-state index contributed by atoms with van der Waals surface area (Å²) in [5.41, 5.74) is 0.771. The quantitative estimate of drug-likeness (QED) is 0.683. The first-order valence-electron chi connectivity index (χ1n) is 8.09. The Hall–Kier alpha value is -3.35. The Balaban J connectivity index is 1.84. The van der Waals surface area contributed by atoms with Crippen molar-refractivity contribution in [2.45, 2.75) is 13.2 Å². The lowest BCUT2D eigenvalue weighted by molar-refractivity contribution is -0.0505. The Morgan fingerprint density at radius 2 is 1.96 bits per heavy atom. The van der Waals surface area contributed by atoms with Crippen LogP contribution in [0.1, 0.15) is 15.9 Å². The Bertz CT molecular complexity index is 975. The highest BCUT2D eigenvalue weighted by Crippen LogP contribution is 2.26. The number of rotatable bonds is 6. The number of phenolic OH excluding ortho intramolecular Hbond substituents is 1. The highest BCUT2D eigenvalue weighted by molar-refractivity contribution is 6.07. The summed E-state index contributed by atoms with van der Waals surface area (Å²) in [5, 5.41) is 13.7. The number of benzene rings is 3. The number of alkyl halides is 2. The van der Waals surface area contributed by atoms with Gasteiger partial charge in [-0.25, -0.2) is 0 Å².